The molecule has 1 heterocycles. The number of hydrogen-bond donors (Lipinski definition) is 0. The van der Waals surface area contributed by atoms with Crippen molar-refractivity contribution < 1.29 is 19.0 Å². The number of rotatable bonds is 2. The Kier molecular flexibility index (Phi) is 3.01. The Morgan fingerprint density at radius 2 is 2.12 bits per heavy atom. The second kappa shape index (κ2) is 4.45. The van der Waals surface area contributed by atoms with Gasteiger partial charge in [0.15, 0.2) is 11.5 Å². The fourth-order valence-electron chi connectivity index (χ4n) is 1.29. The van der Waals surface area contributed by atoms with E-state index in [1.54, 1.807) is 18.2 Å². The molecule has 0 saturated heterocycles. The summed E-state index contributed by atoms with van der Waals surface area (Å²) in [5.41, 5.74) is 0.677. The largest absolute Gasteiger partial charge is 0.466 e. The molecule has 84 valence electrons. The second-order valence-corrected chi connectivity index (χ2v) is 3.49. The van der Waals surface area contributed by atoms with Gasteiger partial charge >= 0.3 is 5.97 Å². The zero-order valence-electron chi connectivity index (χ0n) is 8.53. The van der Waals surface area contributed by atoms with Crippen molar-refractivity contribution in [3.63, 3.8) is 0 Å². The van der Waals surface area contributed by atoms with Crippen LogP contribution >= 0.6 is 11.6 Å². The summed E-state index contributed by atoms with van der Waals surface area (Å²) in [6.07, 6.45) is 2.86. The average molecular weight is 241 g/mol. The molecule has 0 fully saturated rings. The van der Waals surface area contributed by atoms with E-state index in [4.69, 9.17) is 21.1 Å². The predicted octanol–water partition coefficient (Wildman–Crippen LogP) is 2.25. The monoisotopic (exact) mass is 240 g/mol. The molecule has 1 aromatic carbocycles. The lowest BCUT2D eigenvalue weighted by atomic mass is 10.2. The zero-order chi connectivity index (χ0) is 11.5. The molecule has 0 saturated carbocycles. The van der Waals surface area contributed by atoms with Crippen LogP contribution in [0.5, 0.6) is 11.5 Å². The van der Waals surface area contributed by atoms with Crippen LogP contribution < -0.4 is 9.47 Å². The molecule has 0 atom stereocenters. The van der Waals surface area contributed by atoms with Crippen LogP contribution in [0.2, 0.25) is 5.02 Å². The van der Waals surface area contributed by atoms with Crippen molar-refractivity contribution in [1.82, 2.24) is 0 Å². The summed E-state index contributed by atoms with van der Waals surface area (Å²) < 4.78 is 14.8. The minimum atomic E-state index is -0.436. The van der Waals surface area contributed by atoms with Gasteiger partial charge in [-0.1, -0.05) is 11.6 Å². The maximum absolute atomic E-state index is 10.9. The molecular formula is C11H9ClO4. The molecule has 0 aromatic heterocycles. The summed E-state index contributed by atoms with van der Waals surface area (Å²) in [6, 6.07) is 3.37. The van der Waals surface area contributed by atoms with Gasteiger partial charge < -0.3 is 14.2 Å². The zero-order valence-corrected chi connectivity index (χ0v) is 9.28. The third kappa shape index (κ3) is 2.12. The van der Waals surface area contributed by atoms with Crippen molar-refractivity contribution >= 4 is 23.6 Å². The Balaban J connectivity index is 2.28. The molecule has 2 rings (SSSR count). The summed E-state index contributed by atoms with van der Waals surface area (Å²) in [4.78, 5) is 10.9. The highest BCUT2D eigenvalue weighted by atomic mass is 35.5. The highest BCUT2D eigenvalue weighted by molar-refractivity contribution is 6.32. The molecule has 0 N–H and O–H groups in total. The second-order valence-electron chi connectivity index (χ2n) is 3.08. The van der Waals surface area contributed by atoms with Gasteiger partial charge in [-0.25, -0.2) is 4.79 Å². The molecule has 0 aliphatic carbocycles. The molecule has 0 spiro atoms. The highest BCUT2D eigenvalue weighted by Gasteiger charge is 2.15. The number of fused-ring (bicyclic) bond motifs is 1. The number of esters is 1. The number of methoxy groups -OCH3 is 1. The Hall–Kier alpha value is -1.68. The predicted molar refractivity (Wildman–Crippen MR) is 58.6 cm³/mol. The number of hydrogen-bond acceptors (Lipinski definition) is 4. The van der Waals surface area contributed by atoms with Crippen molar-refractivity contribution in [1.29, 1.82) is 0 Å². The maximum atomic E-state index is 10.9. The Bertz CT molecular complexity index is 454. The first kappa shape index (κ1) is 10.8. The Labute approximate surface area is 97.4 Å². The van der Waals surface area contributed by atoms with Crippen molar-refractivity contribution in [2.24, 2.45) is 0 Å². The average Bonchev–Trinajstić information content (AvgIpc) is 2.72. The first-order chi connectivity index (χ1) is 7.70. The van der Waals surface area contributed by atoms with E-state index in [0.29, 0.717) is 22.1 Å². The summed E-state index contributed by atoms with van der Waals surface area (Å²) in [6.45, 7) is 0.190. The lowest BCUT2D eigenvalue weighted by Crippen LogP contribution is -1.93. The van der Waals surface area contributed by atoms with Crippen molar-refractivity contribution in [3.8, 4) is 11.5 Å². The molecule has 0 unspecified atom stereocenters. The summed E-state index contributed by atoms with van der Waals surface area (Å²) >= 11 is 6.00. The third-order valence-electron chi connectivity index (χ3n) is 2.09. The van der Waals surface area contributed by atoms with Crippen LogP contribution in [-0.2, 0) is 9.53 Å². The van der Waals surface area contributed by atoms with Gasteiger partial charge in [-0.2, -0.15) is 0 Å². The number of carbonyl (C=O) groups excluding carboxylic acids is 1. The highest BCUT2D eigenvalue weighted by Crippen LogP contribution is 2.37. The normalized spacial score (nSPS) is 13.1. The van der Waals surface area contributed by atoms with Crippen LogP contribution in [-0.4, -0.2) is 19.9 Å². The van der Waals surface area contributed by atoms with Crippen LogP contribution in [0.1, 0.15) is 5.56 Å². The number of carbonyl (C=O) groups is 1. The lowest BCUT2D eigenvalue weighted by Gasteiger charge is -2.01. The van der Waals surface area contributed by atoms with Gasteiger partial charge in [0.2, 0.25) is 6.79 Å². The van der Waals surface area contributed by atoms with Crippen LogP contribution in [0.15, 0.2) is 18.2 Å². The Morgan fingerprint density at radius 1 is 1.44 bits per heavy atom. The standard InChI is InChI=1S/C11H9ClO4/c1-14-11(13)3-2-7-4-9-10(5-8(7)12)16-6-15-9/h2-5H,6H2,1H3/b3-2+. The van der Waals surface area contributed by atoms with E-state index < -0.39 is 5.97 Å². The van der Waals surface area contributed by atoms with E-state index in [0.717, 1.165) is 0 Å². The van der Waals surface area contributed by atoms with Crippen LogP contribution in [0.25, 0.3) is 6.08 Å². The minimum absolute atomic E-state index is 0.190. The SMILES string of the molecule is COC(=O)/C=C/c1cc2c(cc1Cl)OCO2. The lowest BCUT2D eigenvalue weighted by molar-refractivity contribution is -0.134. The fraction of sp³-hybridized carbons (Fsp3) is 0.182. The topological polar surface area (TPSA) is 44.8 Å². The van der Waals surface area contributed by atoms with Gasteiger partial charge in [0, 0.05) is 12.1 Å². The molecular weight excluding hydrogens is 232 g/mol. The first-order valence-corrected chi connectivity index (χ1v) is 4.93. The van der Waals surface area contributed by atoms with Gasteiger partial charge in [-0.05, 0) is 17.7 Å². The van der Waals surface area contributed by atoms with Gasteiger partial charge in [-0.3, -0.25) is 0 Å². The van der Waals surface area contributed by atoms with Gasteiger partial charge in [0.05, 0.1) is 12.1 Å². The first-order valence-electron chi connectivity index (χ1n) is 4.56. The summed E-state index contributed by atoms with van der Waals surface area (Å²) in [5, 5.41) is 0.490. The molecule has 0 radical (unpaired) electrons. The van der Waals surface area contributed by atoms with E-state index in [-0.39, 0.29) is 6.79 Å². The molecule has 0 bridgehead atoms. The Morgan fingerprint density at radius 3 is 2.81 bits per heavy atom. The quantitative estimate of drug-likeness (QED) is 0.588. The molecule has 1 aliphatic rings. The summed E-state index contributed by atoms with van der Waals surface area (Å²) in [5.74, 6) is 0.794. The molecule has 0 amide bonds. The molecule has 1 aromatic rings. The molecule has 4 nitrogen and oxygen atoms in total. The van der Waals surface area contributed by atoms with Crippen LogP contribution in [0.3, 0.4) is 0 Å². The van der Waals surface area contributed by atoms with Gasteiger partial charge in [-0.15, -0.1) is 0 Å². The fourth-order valence-corrected chi connectivity index (χ4v) is 1.50. The molecule has 1 aliphatic heterocycles. The number of ether oxygens (including phenoxy) is 3. The van der Waals surface area contributed by atoms with Crippen molar-refractivity contribution in [2.45, 2.75) is 0 Å². The van der Waals surface area contributed by atoms with E-state index >= 15 is 0 Å². The smallest absolute Gasteiger partial charge is 0.330 e. The van der Waals surface area contributed by atoms with Gasteiger partial charge in [0.1, 0.15) is 0 Å². The van der Waals surface area contributed by atoms with Crippen molar-refractivity contribution in [2.75, 3.05) is 13.9 Å². The third-order valence-corrected chi connectivity index (χ3v) is 2.42. The molecule has 16 heavy (non-hydrogen) atoms. The van der Waals surface area contributed by atoms with Gasteiger partial charge in [0.25, 0.3) is 0 Å². The maximum Gasteiger partial charge on any atom is 0.330 e. The minimum Gasteiger partial charge on any atom is -0.466 e. The number of benzene rings is 1. The molecule has 5 heteroatoms. The number of halogens is 1. The van der Waals surface area contributed by atoms with E-state index in [2.05, 4.69) is 4.74 Å². The van der Waals surface area contributed by atoms with Crippen molar-refractivity contribution in [3.05, 3.63) is 28.8 Å². The van der Waals surface area contributed by atoms with Crippen LogP contribution in [0, 0.1) is 0 Å². The van der Waals surface area contributed by atoms with E-state index in [9.17, 15) is 4.79 Å². The van der Waals surface area contributed by atoms with E-state index in [1.165, 1.54) is 13.2 Å². The van der Waals surface area contributed by atoms with Crippen LogP contribution in [0.4, 0.5) is 0 Å². The van der Waals surface area contributed by atoms with E-state index in [1.807, 2.05) is 0 Å². The summed E-state index contributed by atoms with van der Waals surface area (Å²) in [7, 11) is 1.31.